The maximum Gasteiger partial charge on any atom is 0.266 e. The number of anilines is 1. The lowest BCUT2D eigenvalue weighted by molar-refractivity contribution is 0.146. The molecule has 0 aliphatic carbocycles. The molecule has 0 bridgehead atoms. The number of benzene rings is 1. The molecule has 31 heavy (non-hydrogen) atoms. The Balaban J connectivity index is 1.75. The first kappa shape index (κ1) is 21.4. The zero-order valence-corrected chi connectivity index (χ0v) is 17.5. The number of nitrogens with zero attached hydrogens (tertiary/aromatic N) is 2. The van der Waals surface area contributed by atoms with Crippen LogP contribution in [0.5, 0.6) is 0 Å². The Morgan fingerprint density at radius 1 is 1.19 bits per heavy atom. The highest BCUT2D eigenvalue weighted by Crippen LogP contribution is 2.32. The number of piperidine rings is 1. The Bertz CT molecular complexity index is 1160. The molecule has 164 valence electrons. The maximum atomic E-state index is 14.6. The van der Waals surface area contributed by atoms with E-state index in [2.05, 4.69) is 15.6 Å². The van der Waals surface area contributed by atoms with Gasteiger partial charge in [-0.05, 0) is 50.9 Å². The number of rotatable bonds is 5. The predicted molar refractivity (Wildman–Crippen MR) is 115 cm³/mol. The van der Waals surface area contributed by atoms with Gasteiger partial charge in [-0.3, -0.25) is 9.36 Å². The topological polar surface area (TPSA) is 59.0 Å². The molecule has 0 spiro atoms. The van der Waals surface area contributed by atoms with Gasteiger partial charge in [-0.15, -0.1) is 0 Å². The second kappa shape index (κ2) is 8.70. The average molecular weight is 430 g/mol. The Hall–Kier alpha value is -2.87. The minimum absolute atomic E-state index is 0.0622. The molecule has 2 N–H and O–H groups in total. The number of hydrogen-bond donors (Lipinski definition) is 2. The minimum Gasteiger partial charge on any atom is -0.378 e. The molecule has 3 heterocycles. The lowest BCUT2D eigenvalue weighted by Gasteiger charge is -2.24. The number of fused-ring (bicyclic) bond motifs is 1. The first-order valence-corrected chi connectivity index (χ1v) is 10.4. The first-order chi connectivity index (χ1) is 14.9. The van der Waals surface area contributed by atoms with Crippen LogP contribution >= 0.6 is 0 Å². The van der Waals surface area contributed by atoms with Gasteiger partial charge in [0.25, 0.3) is 12.0 Å². The number of aromatic nitrogens is 2. The van der Waals surface area contributed by atoms with Crippen molar-refractivity contribution in [1.82, 2.24) is 14.9 Å². The Labute approximate surface area is 178 Å². The summed E-state index contributed by atoms with van der Waals surface area (Å²) in [6.45, 7) is 3.44. The molecule has 1 fully saturated rings. The van der Waals surface area contributed by atoms with E-state index in [9.17, 15) is 18.0 Å². The summed E-state index contributed by atoms with van der Waals surface area (Å²) in [5, 5.41) is 7.28. The molecule has 1 atom stereocenters. The maximum absolute atomic E-state index is 14.6. The van der Waals surface area contributed by atoms with Gasteiger partial charge in [-0.2, -0.15) is 0 Å². The third-order valence-electron chi connectivity index (χ3n) is 6.05. The molecule has 5 nitrogen and oxygen atoms in total. The third-order valence-corrected chi connectivity index (χ3v) is 6.05. The number of nitrogens with one attached hydrogen (secondary N) is 2. The average Bonchev–Trinajstić information content (AvgIpc) is 2.77. The van der Waals surface area contributed by atoms with Crippen molar-refractivity contribution in [3.63, 3.8) is 0 Å². The van der Waals surface area contributed by atoms with Crippen molar-refractivity contribution in [2.45, 2.75) is 38.2 Å². The second-order valence-corrected chi connectivity index (χ2v) is 8.00. The van der Waals surface area contributed by atoms with E-state index in [1.54, 1.807) is 30.8 Å². The van der Waals surface area contributed by atoms with E-state index in [1.165, 1.54) is 12.1 Å². The van der Waals surface area contributed by atoms with Gasteiger partial charge in [0.1, 0.15) is 11.5 Å². The lowest BCUT2D eigenvalue weighted by Crippen LogP contribution is -2.31. The smallest absolute Gasteiger partial charge is 0.266 e. The van der Waals surface area contributed by atoms with Crippen LogP contribution < -0.4 is 16.2 Å². The van der Waals surface area contributed by atoms with Crippen LogP contribution in [-0.4, -0.2) is 22.6 Å². The van der Waals surface area contributed by atoms with E-state index in [0.717, 1.165) is 42.9 Å². The van der Waals surface area contributed by atoms with E-state index in [1.807, 2.05) is 6.07 Å². The third kappa shape index (κ3) is 4.04. The summed E-state index contributed by atoms with van der Waals surface area (Å²) in [6.07, 6.45) is 0.459. The van der Waals surface area contributed by atoms with Gasteiger partial charge in [-0.25, -0.2) is 18.2 Å². The molecular formula is C23H25F3N4O. The number of aryl methyl sites for hydroxylation is 1. The Morgan fingerprint density at radius 3 is 2.61 bits per heavy atom. The molecule has 0 unspecified atom stereocenters. The highest BCUT2D eigenvalue weighted by atomic mass is 19.3. The van der Waals surface area contributed by atoms with Crippen LogP contribution in [0.2, 0.25) is 0 Å². The molecule has 0 radical (unpaired) electrons. The van der Waals surface area contributed by atoms with Crippen LogP contribution in [-0.2, 0) is 7.05 Å². The molecule has 1 aliphatic rings. The monoisotopic (exact) mass is 430 g/mol. The van der Waals surface area contributed by atoms with Crippen LogP contribution in [0, 0.1) is 5.82 Å². The highest BCUT2D eigenvalue weighted by molar-refractivity contribution is 5.89. The quantitative estimate of drug-likeness (QED) is 0.619. The summed E-state index contributed by atoms with van der Waals surface area (Å²) in [5.74, 6) is -0.742. The van der Waals surface area contributed by atoms with Crippen LogP contribution in [0.25, 0.3) is 11.0 Å². The molecule has 0 amide bonds. The van der Waals surface area contributed by atoms with Crippen molar-refractivity contribution < 1.29 is 13.2 Å². The van der Waals surface area contributed by atoms with Crippen LogP contribution in [0.3, 0.4) is 0 Å². The van der Waals surface area contributed by atoms with Crippen LogP contribution in [0.15, 0.2) is 41.3 Å². The zero-order chi connectivity index (χ0) is 22.1. The van der Waals surface area contributed by atoms with Gasteiger partial charge < -0.3 is 10.6 Å². The molecule has 1 saturated heterocycles. The Kier molecular flexibility index (Phi) is 6.00. The van der Waals surface area contributed by atoms with Crippen molar-refractivity contribution >= 4 is 16.7 Å². The van der Waals surface area contributed by atoms with Gasteiger partial charge in [-0.1, -0.05) is 18.2 Å². The molecule has 4 rings (SSSR count). The fraction of sp³-hybridized carbons (Fsp3) is 0.391. The SMILES string of the molecule is C[C@@H](Nc1ccnc2c1cc(C1CCNCC1)c(=O)n2C)c1cccc(C(F)F)c1F. The fourth-order valence-corrected chi connectivity index (χ4v) is 4.31. The first-order valence-electron chi connectivity index (χ1n) is 10.4. The number of halogens is 3. The van der Waals surface area contributed by atoms with Gasteiger partial charge in [0, 0.05) is 35.4 Å². The predicted octanol–water partition coefficient (Wildman–Crippen LogP) is 4.65. The van der Waals surface area contributed by atoms with Crippen LogP contribution in [0.4, 0.5) is 18.9 Å². The Morgan fingerprint density at radius 2 is 1.90 bits per heavy atom. The summed E-state index contributed by atoms with van der Waals surface area (Å²) in [7, 11) is 1.70. The van der Waals surface area contributed by atoms with Gasteiger partial charge in [0.05, 0.1) is 11.6 Å². The van der Waals surface area contributed by atoms with E-state index < -0.39 is 23.8 Å². The molecule has 1 aromatic carbocycles. The fourth-order valence-electron chi connectivity index (χ4n) is 4.31. The largest absolute Gasteiger partial charge is 0.378 e. The summed E-state index contributed by atoms with van der Waals surface area (Å²) < 4.78 is 42.4. The summed E-state index contributed by atoms with van der Waals surface area (Å²) in [6, 6.07) is 7.09. The van der Waals surface area contributed by atoms with E-state index >= 15 is 0 Å². The minimum atomic E-state index is -2.88. The van der Waals surface area contributed by atoms with Gasteiger partial charge >= 0.3 is 0 Å². The summed E-state index contributed by atoms with van der Waals surface area (Å²) >= 11 is 0. The van der Waals surface area contributed by atoms with Crippen LogP contribution in [0.1, 0.15) is 54.8 Å². The van der Waals surface area contributed by atoms with Crippen molar-refractivity contribution in [1.29, 1.82) is 0 Å². The normalized spacial score (nSPS) is 16.1. The van der Waals surface area contributed by atoms with E-state index in [0.29, 0.717) is 11.3 Å². The molecule has 1 aliphatic heterocycles. The number of pyridine rings is 2. The standard InChI is InChI=1S/C23H25F3N4O/c1-13(15-4-3-5-16(20(15)24)21(25)26)29-19-8-11-28-22-18(19)12-17(23(31)30(22)2)14-6-9-27-10-7-14/h3-5,8,11-14,21,27H,6-7,9-10H2,1-2H3,(H,28,29)/t13-/m1/s1. The van der Waals surface area contributed by atoms with E-state index in [-0.39, 0.29) is 17.0 Å². The molecule has 8 heteroatoms. The number of hydrogen-bond acceptors (Lipinski definition) is 4. The zero-order valence-electron chi connectivity index (χ0n) is 17.5. The van der Waals surface area contributed by atoms with Crippen molar-refractivity contribution in [3.05, 3.63) is 69.4 Å². The summed E-state index contributed by atoms with van der Waals surface area (Å²) in [4.78, 5) is 17.3. The van der Waals surface area contributed by atoms with E-state index in [4.69, 9.17) is 0 Å². The number of alkyl halides is 2. The highest BCUT2D eigenvalue weighted by Gasteiger charge is 2.23. The molecular weight excluding hydrogens is 405 g/mol. The van der Waals surface area contributed by atoms with Crippen molar-refractivity contribution in [2.24, 2.45) is 7.05 Å². The lowest BCUT2D eigenvalue weighted by atomic mass is 9.90. The van der Waals surface area contributed by atoms with Crippen molar-refractivity contribution in [3.8, 4) is 0 Å². The molecule has 0 saturated carbocycles. The van der Waals surface area contributed by atoms with Gasteiger partial charge in [0.2, 0.25) is 0 Å². The van der Waals surface area contributed by atoms with Crippen molar-refractivity contribution in [2.75, 3.05) is 18.4 Å². The molecule has 3 aromatic rings. The second-order valence-electron chi connectivity index (χ2n) is 8.00. The van der Waals surface area contributed by atoms with Gasteiger partial charge in [0.15, 0.2) is 0 Å². The molecule has 2 aromatic heterocycles. The summed E-state index contributed by atoms with van der Waals surface area (Å²) in [5.41, 5.74) is 1.41.